The monoisotopic (exact) mass is 230 g/mol. The molecule has 3 heteroatoms. The van der Waals surface area contributed by atoms with E-state index in [4.69, 9.17) is 4.42 Å². The van der Waals surface area contributed by atoms with E-state index in [9.17, 15) is 0 Å². The zero-order chi connectivity index (χ0) is 12.3. The largest absolute Gasteiger partial charge is 0.460 e. The van der Waals surface area contributed by atoms with Crippen LogP contribution in [0.5, 0.6) is 0 Å². The Labute approximate surface area is 102 Å². The van der Waals surface area contributed by atoms with E-state index in [2.05, 4.69) is 31.1 Å². The number of nitrogens with zero attached hydrogens (tertiary/aromatic N) is 1. The summed E-state index contributed by atoms with van der Waals surface area (Å²) >= 11 is 0. The van der Waals surface area contributed by atoms with Crippen LogP contribution in [-0.2, 0) is 6.54 Å². The molecule has 0 bridgehead atoms. The Hall–Kier alpha value is -1.61. The summed E-state index contributed by atoms with van der Waals surface area (Å²) in [6, 6.07) is 6.46. The highest BCUT2D eigenvalue weighted by Crippen LogP contribution is 2.24. The van der Waals surface area contributed by atoms with Crippen molar-refractivity contribution in [2.24, 2.45) is 0 Å². The average Bonchev–Trinajstić information content (AvgIpc) is 2.75. The predicted molar refractivity (Wildman–Crippen MR) is 68.7 cm³/mol. The van der Waals surface area contributed by atoms with Gasteiger partial charge in [0.15, 0.2) is 0 Å². The van der Waals surface area contributed by atoms with Crippen molar-refractivity contribution in [2.75, 3.05) is 0 Å². The summed E-state index contributed by atoms with van der Waals surface area (Å²) in [5.74, 6) is 1.84. The molecule has 0 saturated heterocycles. The molecule has 90 valence electrons. The van der Waals surface area contributed by atoms with E-state index in [1.807, 2.05) is 24.4 Å². The van der Waals surface area contributed by atoms with Crippen LogP contribution in [0.2, 0.25) is 0 Å². The number of pyridine rings is 1. The minimum absolute atomic E-state index is 0.462. The summed E-state index contributed by atoms with van der Waals surface area (Å²) < 4.78 is 5.80. The second-order valence-electron chi connectivity index (χ2n) is 4.49. The van der Waals surface area contributed by atoms with Crippen molar-refractivity contribution in [1.29, 1.82) is 0 Å². The molecule has 0 saturated carbocycles. The lowest BCUT2D eigenvalue weighted by Crippen LogP contribution is -2.21. The van der Waals surface area contributed by atoms with Gasteiger partial charge in [0.1, 0.15) is 11.5 Å². The summed E-state index contributed by atoms with van der Waals surface area (Å²) in [5.41, 5.74) is 2.24. The number of furan rings is 1. The second-order valence-corrected chi connectivity index (χ2v) is 4.49. The molecule has 0 atom stereocenters. The fourth-order valence-electron chi connectivity index (χ4n) is 1.64. The molecule has 0 fully saturated rings. The van der Waals surface area contributed by atoms with E-state index in [-0.39, 0.29) is 0 Å². The Morgan fingerprint density at radius 3 is 2.82 bits per heavy atom. The van der Waals surface area contributed by atoms with Gasteiger partial charge in [-0.25, -0.2) is 0 Å². The first-order valence-electron chi connectivity index (χ1n) is 5.90. The van der Waals surface area contributed by atoms with Gasteiger partial charge in [0, 0.05) is 24.0 Å². The van der Waals surface area contributed by atoms with Gasteiger partial charge < -0.3 is 9.73 Å². The number of aromatic nitrogens is 1. The average molecular weight is 230 g/mol. The highest BCUT2D eigenvalue weighted by molar-refractivity contribution is 5.60. The van der Waals surface area contributed by atoms with Crippen molar-refractivity contribution in [1.82, 2.24) is 10.3 Å². The van der Waals surface area contributed by atoms with Crippen LogP contribution < -0.4 is 5.32 Å². The van der Waals surface area contributed by atoms with Crippen LogP contribution in [0, 0.1) is 6.92 Å². The topological polar surface area (TPSA) is 38.1 Å². The SMILES string of the molecule is Cc1ccncc1-c1ccc(CNC(C)C)o1. The maximum Gasteiger partial charge on any atom is 0.136 e. The Morgan fingerprint density at radius 1 is 1.29 bits per heavy atom. The number of hydrogen-bond donors (Lipinski definition) is 1. The van der Waals surface area contributed by atoms with Gasteiger partial charge in [0.05, 0.1) is 6.54 Å². The maximum absolute atomic E-state index is 5.80. The van der Waals surface area contributed by atoms with E-state index in [0.29, 0.717) is 6.04 Å². The standard InChI is InChI=1S/C14H18N2O/c1-10(2)16-8-12-4-5-14(17-12)13-9-15-7-6-11(13)3/h4-7,9-10,16H,8H2,1-3H3. The van der Waals surface area contributed by atoms with Crippen LogP contribution >= 0.6 is 0 Å². The molecule has 2 aromatic rings. The molecule has 0 aliphatic heterocycles. The summed E-state index contributed by atoms with van der Waals surface area (Å²) in [7, 11) is 0. The first-order valence-corrected chi connectivity index (χ1v) is 5.90. The Bertz CT molecular complexity index is 488. The zero-order valence-corrected chi connectivity index (χ0v) is 10.5. The third-order valence-corrected chi connectivity index (χ3v) is 2.65. The van der Waals surface area contributed by atoms with Crippen LogP contribution in [0.15, 0.2) is 35.0 Å². The number of rotatable bonds is 4. The molecule has 0 amide bonds. The number of hydrogen-bond acceptors (Lipinski definition) is 3. The van der Waals surface area contributed by atoms with E-state index in [1.165, 1.54) is 5.56 Å². The lowest BCUT2D eigenvalue weighted by Gasteiger charge is -2.05. The van der Waals surface area contributed by atoms with Crippen molar-refractivity contribution in [2.45, 2.75) is 33.4 Å². The third kappa shape index (κ3) is 2.94. The van der Waals surface area contributed by atoms with Gasteiger partial charge in [-0.15, -0.1) is 0 Å². The Kier molecular flexibility index (Phi) is 3.59. The fraction of sp³-hybridized carbons (Fsp3) is 0.357. The van der Waals surface area contributed by atoms with E-state index >= 15 is 0 Å². The Balaban J connectivity index is 2.16. The van der Waals surface area contributed by atoms with Crippen molar-refractivity contribution in [3.63, 3.8) is 0 Å². The van der Waals surface area contributed by atoms with Gasteiger partial charge in [-0.3, -0.25) is 4.98 Å². The second kappa shape index (κ2) is 5.15. The van der Waals surface area contributed by atoms with Crippen LogP contribution in [0.3, 0.4) is 0 Å². The highest BCUT2D eigenvalue weighted by Gasteiger charge is 2.07. The molecule has 0 radical (unpaired) electrons. The first-order chi connectivity index (χ1) is 8.16. The third-order valence-electron chi connectivity index (χ3n) is 2.65. The van der Waals surface area contributed by atoms with Crippen LogP contribution in [0.1, 0.15) is 25.2 Å². The van der Waals surface area contributed by atoms with Gasteiger partial charge in [0.2, 0.25) is 0 Å². The van der Waals surface area contributed by atoms with Gasteiger partial charge >= 0.3 is 0 Å². The molecule has 17 heavy (non-hydrogen) atoms. The van der Waals surface area contributed by atoms with Gasteiger partial charge in [-0.05, 0) is 30.7 Å². The maximum atomic E-state index is 5.80. The van der Waals surface area contributed by atoms with Crippen LogP contribution in [0.25, 0.3) is 11.3 Å². The molecule has 2 rings (SSSR count). The predicted octanol–water partition coefficient (Wildman–Crippen LogP) is 3.15. The lowest BCUT2D eigenvalue weighted by molar-refractivity contribution is 0.473. The number of aryl methyl sites for hydroxylation is 1. The summed E-state index contributed by atoms with van der Waals surface area (Å²) in [4.78, 5) is 4.13. The van der Waals surface area contributed by atoms with Crippen LogP contribution in [0.4, 0.5) is 0 Å². The molecular weight excluding hydrogens is 212 g/mol. The zero-order valence-electron chi connectivity index (χ0n) is 10.5. The van der Waals surface area contributed by atoms with Gasteiger partial charge in [-0.2, -0.15) is 0 Å². The first kappa shape index (κ1) is 11.9. The lowest BCUT2D eigenvalue weighted by atomic mass is 10.1. The van der Waals surface area contributed by atoms with Gasteiger partial charge in [0.25, 0.3) is 0 Å². The molecule has 2 aromatic heterocycles. The molecule has 0 unspecified atom stereocenters. The molecule has 0 aromatic carbocycles. The molecule has 1 N–H and O–H groups in total. The highest BCUT2D eigenvalue weighted by atomic mass is 16.3. The van der Waals surface area contributed by atoms with Crippen molar-refractivity contribution in [3.8, 4) is 11.3 Å². The number of nitrogens with one attached hydrogen (secondary N) is 1. The fourth-order valence-corrected chi connectivity index (χ4v) is 1.64. The van der Waals surface area contributed by atoms with E-state index in [1.54, 1.807) is 6.20 Å². The minimum atomic E-state index is 0.462. The molecule has 2 heterocycles. The normalized spacial score (nSPS) is 11.1. The summed E-state index contributed by atoms with van der Waals surface area (Å²) in [6.07, 6.45) is 3.64. The minimum Gasteiger partial charge on any atom is -0.460 e. The smallest absolute Gasteiger partial charge is 0.136 e. The molecule has 3 nitrogen and oxygen atoms in total. The van der Waals surface area contributed by atoms with Crippen molar-refractivity contribution < 1.29 is 4.42 Å². The van der Waals surface area contributed by atoms with Crippen molar-refractivity contribution >= 4 is 0 Å². The molecular formula is C14H18N2O. The van der Waals surface area contributed by atoms with E-state index in [0.717, 1.165) is 23.6 Å². The quantitative estimate of drug-likeness (QED) is 0.876. The van der Waals surface area contributed by atoms with Crippen molar-refractivity contribution in [3.05, 3.63) is 41.9 Å². The Morgan fingerprint density at radius 2 is 2.12 bits per heavy atom. The van der Waals surface area contributed by atoms with E-state index < -0.39 is 0 Å². The molecule has 0 aliphatic rings. The molecule has 0 spiro atoms. The van der Waals surface area contributed by atoms with Crippen LogP contribution in [-0.4, -0.2) is 11.0 Å². The summed E-state index contributed by atoms with van der Waals surface area (Å²) in [6.45, 7) is 7.06. The molecule has 0 aliphatic carbocycles. The summed E-state index contributed by atoms with van der Waals surface area (Å²) in [5, 5.41) is 3.33. The van der Waals surface area contributed by atoms with Gasteiger partial charge in [-0.1, -0.05) is 13.8 Å².